The smallest absolute Gasteiger partial charge is 0.255 e. The van der Waals surface area contributed by atoms with Crippen molar-refractivity contribution in [2.45, 2.75) is 19.9 Å². The van der Waals surface area contributed by atoms with Gasteiger partial charge in [0.15, 0.2) is 16.6 Å². The first-order valence-corrected chi connectivity index (χ1v) is 10.4. The zero-order valence-electron chi connectivity index (χ0n) is 16.7. The van der Waals surface area contributed by atoms with E-state index in [0.29, 0.717) is 50.2 Å². The molecule has 0 radical (unpaired) electrons. The zero-order chi connectivity index (χ0) is 21.8. The van der Waals surface area contributed by atoms with Crippen LogP contribution in [0.3, 0.4) is 0 Å². The Bertz CT molecular complexity index is 1030. The molecule has 0 aromatic heterocycles. The van der Waals surface area contributed by atoms with Crippen LogP contribution < -0.4 is 25.4 Å². The van der Waals surface area contributed by atoms with Crippen LogP contribution in [0.25, 0.3) is 0 Å². The first-order valence-electron chi connectivity index (χ1n) is 9.23. The molecule has 1 unspecified atom stereocenters. The highest BCUT2D eigenvalue weighted by Gasteiger charge is 2.31. The van der Waals surface area contributed by atoms with Crippen LogP contribution in [0.2, 0.25) is 0 Å². The number of benzene rings is 2. The average Bonchev–Trinajstić information content (AvgIpc) is 2.71. The van der Waals surface area contributed by atoms with Crippen molar-refractivity contribution in [1.29, 1.82) is 0 Å². The molecule has 0 spiro atoms. The van der Waals surface area contributed by atoms with E-state index in [-0.39, 0.29) is 11.7 Å². The third kappa shape index (κ3) is 4.52. The summed E-state index contributed by atoms with van der Waals surface area (Å²) in [5, 5.41) is 19.7. The maximum atomic E-state index is 13.3. The number of carbonyl (C=O) groups is 1. The Hall–Kier alpha value is -2.78. The maximum absolute atomic E-state index is 13.3. The molecular weight excluding hydrogens is 470 g/mol. The minimum Gasteiger partial charge on any atom is -0.503 e. The van der Waals surface area contributed by atoms with Crippen LogP contribution in [0.15, 0.2) is 52.1 Å². The Kier molecular flexibility index (Phi) is 6.84. The van der Waals surface area contributed by atoms with Gasteiger partial charge in [-0.15, -0.1) is 0 Å². The zero-order valence-corrected chi connectivity index (χ0v) is 19.1. The predicted octanol–water partition coefficient (Wildman–Crippen LogP) is 3.99. The topological polar surface area (TPSA) is 91.9 Å². The lowest BCUT2D eigenvalue weighted by atomic mass is 9.94. The van der Waals surface area contributed by atoms with E-state index in [1.165, 1.54) is 0 Å². The minimum absolute atomic E-state index is 0.00200. The predicted molar refractivity (Wildman–Crippen MR) is 123 cm³/mol. The minimum atomic E-state index is -0.551. The first-order chi connectivity index (χ1) is 14.3. The van der Waals surface area contributed by atoms with Gasteiger partial charge in [0.2, 0.25) is 0 Å². The average molecular weight is 492 g/mol. The summed E-state index contributed by atoms with van der Waals surface area (Å²) in [6, 6.07) is 10.0. The number of nitrogens with one attached hydrogen (secondary N) is 3. The molecule has 2 aromatic carbocycles. The molecule has 1 amide bonds. The number of thiocarbonyl (C=S) groups is 1. The number of aromatic hydroxyl groups is 1. The quantitative estimate of drug-likeness (QED) is 0.454. The number of para-hydroxylation sites is 2. The van der Waals surface area contributed by atoms with Crippen LogP contribution >= 0.6 is 28.1 Å². The highest BCUT2D eigenvalue weighted by molar-refractivity contribution is 9.10. The maximum Gasteiger partial charge on any atom is 0.255 e. The van der Waals surface area contributed by atoms with E-state index in [1.54, 1.807) is 38.3 Å². The second-order valence-electron chi connectivity index (χ2n) is 6.51. The Balaban J connectivity index is 2.02. The fourth-order valence-electron chi connectivity index (χ4n) is 3.21. The molecule has 2 aromatic rings. The number of amides is 1. The number of hydrogen-bond donors (Lipinski definition) is 4. The van der Waals surface area contributed by atoms with Gasteiger partial charge in [-0.1, -0.05) is 12.1 Å². The van der Waals surface area contributed by atoms with Gasteiger partial charge in [-0.3, -0.25) is 4.79 Å². The van der Waals surface area contributed by atoms with Crippen LogP contribution in [0.5, 0.6) is 17.2 Å². The SMILES string of the molecule is CCOc1cc(C2NC(=S)NC(C)=C2C(=O)Nc2ccccc2OC)cc(Br)c1O. The Labute approximate surface area is 188 Å². The monoisotopic (exact) mass is 491 g/mol. The van der Waals surface area contributed by atoms with Crippen LogP contribution in [0.4, 0.5) is 5.69 Å². The van der Waals surface area contributed by atoms with Crippen molar-refractivity contribution in [1.82, 2.24) is 10.6 Å². The van der Waals surface area contributed by atoms with Gasteiger partial charge >= 0.3 is 0 Å². The Morgan fingerprint density at radius 1 is 1.30 bits per heavy atom. The summed E-state index contributed by atoms with van der Waals surface area (Å²) in [7, 11) is 1.55. The van der Waals surface area contributed by atoms with E-state index in [9.17, 15) is 9.90 Å². The van der Waals surface area contributed by atoms with Crippen molar-refractivity contribution >= 4 is 44.9 Å². The fourth-order valence-corrected chi connectivity index (χ4v) is 3.94. The number of hydrogen-bond acceptors (Lipinski definition) is 5. The molecule has 0 bridgehead atoms. The highest BCUT2D eigenvalue weighted by Crippen LogP contribution is 2.39. The number of carbonyl (C=O) groups excluding carboxylic acids is 1. The summed E-state index contributed by atoms with van der Waals surface area (Å²) in [5.41, 5.74) is 2.34. The molecule has 30 heavy (non-hydrogen) atoms. The van der Waals surface area contributed by atoms with E-state index in [0.717, 1.165) is 0 Å². The van der Waals surface area contributed by atoms with Gasteiger partial charge in [0.05, 0.1) is 35.5 Å². The molecule has 0 aliphatic carbocycles. The largest absolute Gasteiger partial charge is 0.503 e. The van der Waals surface area contributed by atoms with E-state index in [2.05, 4.69) is 31.9 Å². The molecule has 3 rings (SSSR count). The van der Waals surface area contributed by atoms with Crippen LogP contribution in [0, 0.1) is 0 Å². The number of allylic oxidation sites excluding steroid dienone is 1. The van der Waals surface area contributed by atoms with Gasteiger partial charge in [-0.2, -0.15) is 0 Å². The van der Waals surface area contributed by atoms with E-state index in [1.807, 2.05) is 19.1 Å². The number of phenols is 1. The van der Waals surface area contributed by atoms with Crippen molar-refractivity contribution in [2.24, 2.45) is 0 Å². The normalized spacial score (nSPS) is 15.9. The van der Waals surface area contributed by atoms with E-state index >= 15 is 0 Å². The van der Waals surface area contributed by atoms with Gasteiger partial charge in [-0.05, 0) is 71.8 Å². The van der Waals surface area contributed by atoms with Gasteiger partial charge in [-0.25, -0.2) is 0 Å². The second-order valence-corrected chi connectivity index (χ2v) is 7.77. The summed E-state index contributed by atoms with van der Waals surface area (Å²) in [6.07, 6.45) is 0. The van der Waals surface area contributed by atoms with Crippen molar-refractivity contribution < 1.29 is 19.4 Å². The molecule has 158 valence electrons. The first kappa shape index (κ1) is 21.9. The number of phenolic OH excluding ortho intramolecular Hbond substituents is 1. The van der Waals surface area contributed by atoms with Crippen LogP contribution in [-0.4, -0.2) is 29.8 Å². The molecule has 4 N–H and O–H groups in total. The van der Waals surface area contributed by atoms with Gasteiger partial charge < -0.3 is 30.5 Å². The lowest BCUT2D eigenvalue weighted by Crippen LogP contribution is -2.45. The summed E-state index contributed by atoms with van der Waals surface area (Å²) in [5.74, 6) is 0.554. The molecule has 1 heterocycles. The molecule has 1 aliphatic heterocycles. The third-order valence-electron chi connectivity index (χ3n) is 4.55. The molecule has 0 saturated carbocycles. The molecular formula is C21H22BrN3O4S. The molecule has 1 atom stereocenters. The number of ether oxygens (including phenoxy) is 2. The Morgan fingerprint density at radius 2 is 2.03 bits per heavy atom. The van der Waals surface area contributed by atoms with E-state index < -0.39 is 6.04 Å². The summed E-state index contributed by atoms with van der Waals surface area (Å²) >= 11 is 8.66. The molecule has 7 nitrogen and oxygen atoms in total. The van der Waals surface area contributed by atoms with Crippen LogP contribution in [0.1, 0.15) is 25.5 Å². The van der Waals surface area contributed by atoms with Gasteiger partial charge in [0.25, 0.3) is 5.91 Å². The van der Waals surface area contributed by atoms with Crippen LogP contribution in [-0.2, 0) is 4.79 Å². The lowest BCUT2D eigenvalue weighted by molar-refractivity contribution is -0.113. The highest BCUT2D eigenvalue weighted by atomic mass is 79.9. The molecule has 1 aliphatic rings. The number of methoxy groups -OCH3 is 1. The Morgan fingerprint density at radius 3 is 2.73 bits per heavy atom. The number of rotatable bonds is 6. The molecule has 0 fully saturated rings. The van der Waals surface area contributed by atoms with Crippen molar-refractivity contribution in [3.05, 3.63) is 57.7 Å². The number of anilines is 1. The van der Waals surface area contributed by atoms with Crippen molar-refractivity contribution in [2.75, 3.05) is 19.0 Å². The van der Waals surface area contributed by atoms with Gasteiger partial charge in [0, 0.05) is 5.70 Å². The summed E-state index contributed by atoms with van der Waals surface area (Å²) in [6.45, 7) is 4.00. The van der Waals surface area contributed by atoms with E-state index in [4.69, 9.17) is 21.7 Å². The second kappa shape index (κ2) is 9.36. The number of halogens is 1. The molecule has 9 heteroatoms. The fraction of sp³-hybridized carbons (Fsp3) is 0.238. The lowest BCUT2D eigenvalue weighted by Gasteiger charge is -2.31. The van der Waals surface area contributed by atoms with Gasteiger partial charge in [0.1, 0.15) is 5.75 Å². The molecule has 0 saturated heterocycles. The third-order valence-corrected chi connectivity index (χ3v) is 5.38. The van der Waals surface area contributed by atoms with Crippen molar-refractivity contribution in [3.8, 4) is 17.2 Å². The summed E-state index contributed by atoms with van der Waals surface area (Å²) < 4.78 is 11.3. The van der Waals surface area contributed by atoms with Crippen molar-refractivity contribution in [3.63, 3.8) is 0 Å². The summed E-state index contributed by atoms with van der Waals surface area (Å²) in [4.78, 5) is 13.3. The standard InChI is InChI=1S/C21H22BrN3O4S/c1-4-29-16-10-12(9-13(22)19(16)26)18-17(11(2)23-21(30)25-18)20(27)24-14-7-5-6-8-15(14)28-3/h5-10,18,26H,4H2,1-3H3,(H,24,27)(H2,23,25,30).